The molecular formula is C12H21N3. The van der Waals surface area contributed by atoms with Gasteiger partial charge in [-0.05, 0) is 25.8 Å². The van der Waals surface area contributed by atoms with Crippen LogP contribution in [0.1, 0.15) is 39.3 Å². The quantitative estimate of drug-likeness (QED) is 0.806. The summed E-state index contributed by atoms with van der Waals surface area (Å²) in [5.74, 6) is 1.43. The van der Waals surface area contributed by atoms with E-state index >= 15 is 0 Å². The summed E-state index contributed by atoms with van der Waals surface area (Å²) in [4.78, 5) is 8.55. The lowest BCUT2D eigenvalue weighted by Gasteiger charge is -2.22. The van der Waals surface area contributed by atoms with Gasteiger partial charge in [-0.1, -0.05) is 26.7 Å². The van der Waals surface area contributed by atoms with Crippen molar-refractivity contribution in [2.45, 2.75) is 46.6 Å². The highest BCUT2D eigenvalue weighted by molar-refractivity contribution is 5.26. The van der Waals surface area contributed by atoms with E-state index in [0.29, 0.717) is 12.0 Å². The number of aryl methyl sites for hydroxylation is 1. The number of hydrogen-bond donors (Lipinski definition) is 1. The lowest BCUT2D eigenvalue weighted by atomic mass is 9.96. The molecule has 1 aromatic rings. The third-order valence-electron chi connectivity index (χ3n) is 2.91. The van der Waals surface area contributed by atoms with Crippen molar-refractivity contribution in [3.63, 3.8) is 0 Å². The maximum absolute atomic E-state index is 4.34. The van der Waals surface area contributed by atoms with Crippen molar-refractivity contribution < 1.29 is 0 Å². The molecule has 15 heavy (non-hydrogen) atoms. The number of aromatic nitrogens is 2. The van der Waals surface area contributed by atoms with Gasteiger partial charge in [-0.2, -0.15) is 0 Å². The van der Waals surface area contributed by atoms with E-state index in [-0.39, 0.29) is 0 Å². The van der Waals surface area contributed by atoms with Crippen LogP contribution in [-0.2, 0) is 0 Å². The molecule has 0 aromatic carbocycles. The maximum atomic E-state index is 4.34. The standard InChI is InChI=1S/C12H21N3/c1-5-11(6-2)10(4)15-12-13-8-7-9(3)14-12/h7-8,10-11H,5-6H2,1-4H3,(H,13,14,15). The van der Waals surface area contributed by atoms with E-state index < -0.39 is 0 Å². The van der Waals surface area contributed by atoms with E-state index in [1.54, 1.807) is 6.20 Å². The van der Waals surface area contributed by atoms with Crippen LogP contribution in [0.25, 0.3) is 0 Å². The lowest BCUT2D eigenvalue weighted by Crippen LogP contribution is -2.26. The fraction of sp³-hybridized carbons (Fsp3) is 0.667. The Morgan fingerprint density at radius 1 is 1.33 bits per heavy atom. The molecular weight excluding hydrogens is 186 g/mol. The van der Waals surface area contributed by atoms with Gasteiger partial charge in [0.05, 0.1) is 0 Å². The van der Waals surface area contributed by atoms with Gasteiger partial charge in [-0.25, -0.2) is 9.97 Å². The first-order valence-corrected chi connectivity index (χ1v) is 5.73. The lowest BCUT2D eigenvalue weighted by molar-refractivity contribution is 0.436. The molecule has 0 spiro atoms. The van der Waals surface area contributed by atoms with Crippen molar-refractivity contribution >= 4 is 5.95 Å². The summed E-state index contributed by atoms with van der Waals surface area (Å²) in [5, 5.41) is 3.36. The minimum Gasteiger partial charge on any atom is -0.351 e. The second-order valence-electron chi connectivity index (χ2n) is 4.03. The molecule has 1 N–H and O–H groups in total. The van der Waals surface area contributed by atoms with E-state index in [1.807, 2.05) is 13.0 Å². The Morgan fingerprint density at radius 2 is 2.00 bits per heavy atom. The largest absolute Gasteiger partial charge is 0.351 e. The predicted octanol–water partition coefficient (Wildman–Crippen LogP) is 3.02. The van der Waals surface area contributed by atoms with Crippen LogP contribution in [0, 0.1) is 12.8 Å². The Bertz CT molecular complexity index is 295. The van der Waals surface area contributed by atoms with Crippen LogP contribution >= 0.6 is 0 Å². The van der Waals surface area contributed by atoms with E-state index in [9.17, 15) is 0 Å². The van der Waals surface area contributed by atoms with Crippen LogP contribution in [0.15, 0.2) is 12.3 Å². The first kappa shape index (κ1) is 12.0. The van der Waals surface area contributed by atoms with Gasteiger partial charge in [0.2, 0.25) is 5.95 Å². The molecule has 0 aliphatic rings. The van der Waals surface area contributed by atoms with Gasteiger partial charge in [0.25, 0.3) is 0 Å². The fourth-order valence-electron chi connectivity index (χ4n) is 1.84. The van der Waals surface area contributed by atoms with Gasteiger partial charge >= 0.3 is 0 Å². The summed E-state index contributed by atoms with van der Waals surface area (Å²) in [7, 11) is 0. The summed E-state index contributed by atoms with van der Waals surface area (Å²) in [6.45, 7) is 8.63. The van der Waals surface area contributed by atoms with E-state index in [2.05, 4.69) is 36.1 Å². The Kier molecular flexibility index (Phi) is 4.53. The molecule has 3 heteroatoms. The van der Waals surface area contributed by atoms with Crippen molar-refractivity contribution in [3.05, 3.63) is 18.0 Å². The molecule has 1 rings (SSSR count). The Balaban J connectivity index is 2.61. The number of hydrogen-bond acceptors (Lipinski definition) is 3. The first-order chi connectivity index (χ1) is 7.17. The summed E-state index contributed by atoms with van der Waals surface area (Å²) >= 11 is 0. The Labute approximate surface area is 92.3 Å². The van der Waals surface area contributed by atoms with Gasteiger partial charge < -0.3 is 5.32 Å². The van der Waals surface area contributed by atoms with Gasteiger partial charge in [0, 0.05) is 17.9 Å². The summed E-state index contributed by atoms with van der Waals surface area (Å²) in [6.07, 6.45) is 4.18. The van der Waals surface area contributed by atoms with Crippen LogP contribution in [0.5, 0.6) is 0 Å². The molecule has 1 heterocycles. The van der Waals surface area contributed by atoms with Crippen LogP contribution in [0.4, 0.5) is 5.95 Å². The molecule has 0 aliphatic heterocycles. The van der Waals surface area contributed by atoms with Crippen molar-refractivity contribution in [3.8, 4) is 0 Å². The fourth-order valence-corrected chi connectivity index (χ4v) is 1.84. The van der Waals surface area contributed by atoms with Crippen molar-refractivity contribution in [2.24, 2.45) is 5.92 Å². The third kappa shape index (κ3) is 3.50. The summed E-state index contributed by atoms with van der Waals surface area (Å²) in [6, 6.07) is 2.34. The van der Waals surface area contributed by atoms with E-state index in [0.717, 1.165) is 11.6 Å². The minimum absolute atomic E-state index is 0.432. The highest BCUT2D eigenvalue weighted by atomic mass is 15.1. The first-order valence-electron chi connectivity index (χ1n) is 5.73. The van der Waals surface area contributed by atoms with Crippen LogP contribution in [0.3, 0.4) is 0 Å². The second kappa shape index (κ2) is 5.69. The molecule has 0 saturated heterocycles. The smallest absolute Gasteiger partial charge is 0.223 e. The molecule has 0 saturated carbocycles. The SMILES string of the molecule is CCC(CC)C(C)Nc1nccc(C)n1. The van der Waals surface area contributed by atoms with Crippen molar-refractivity contribution in [1.29, 1.82) is 0 Å². The molecule has 0 aliphatic carbocycles. The van der Waals surface area contributed by atoms with Crippen LogP contribution < -0.4 is 5.32 Å². The van der Waals surface area contributed by atoms with E-state index in [1.165, 1.54) is 12.8 Å². The number of nitrogens with zero attached hydrogens (tertiary/aromatic N) is 2. The zero-order valence-corrected chi connectivity index (χ0v) is 10.1. The molecule has 84 valence electrons. The average molecular weight is 207 g/mol. The highest BCUT2D eigenvalue weighted by Gasteiger charge is 2.13. The Morgan fingerprint density at radius 3 is 2.53 bits per heavy atom. The zero-order valence-electron chi connectivity index (χ0n) is 10.1. The molecule has 0 fully saturated rings. The highest BCUT2D eigenvalue weighted by Crippen LogP contribution is 2.15. The normalized spacial score (nSPS) is 12.9. The van der Waals surface area contributed by atoms with Gasteiger partial charge in [-0.15, -0.1) is 0 Å². The number of rotatable bonds is 5. The zero-order chi connectivity index (χ0) is 11.3. The van der Waals surface area contributed by atoms with Crippen molar-refractivity contribution in [2.75, 3.05) is 5.32 Å². The monoisotopic (exact) mass is 207 g/mol. The third-order valence-corrected chi connectivity index (χ3v) is 2.91. The average Bonchev–Trinajstić information content (AvgIpc) is 2.19. The van der Waals surface area contributed by atoms with Crippen molar-refractivity contribution in [1.82, 2.24) is 9.97 Å². The molecule has 0 radical (unpaired) electrons. The van der Waals surface area contributed by atoms with Crippen LogP contribution in [0.2, 0.25) is 0 Å². The molecule has 0 bridgehead atoms. The van der Waals surface area contributed by atoms with E-state index in [4.69, 9.17) is 0 Å². The van der Waals surface area contributed by atoms with Crippen LogP contribution in [-0.4, -0.2) is 16.0 Å². The topological polar surface area (TPSA) is 37.8 Å². The van der Waals surface area contributed by atoms with Gasteiger partial charge in [-0.3, -0.25) is 0 Å². The van der Waals surface area contributed by atoms with Gasteiger partial charge in [0.1, 0.15) is 0 Å². The minimum atomic E-state index is 0.432. The summed E-state index contributed by atoms with van der Waals surface area (Å²) in [5.41, 5.74) is 1.00. The predicted molar refractivity (Wildman–Crippen MR) is 63.9 cm³/mol. The molecule has 0 amide bonds. The Hall–Kier alpha value is -1.12. The molecule has 1 unspecified atom stereocenters. The maximum Gasteiger partial charge on any atom is 0.223 e. The molecule has 1 atom stereocenters. The molecule has 1 aromatic heterocycles. The molecule has 3 nitrogen and oxygen atoms in total. The summed E-state index contributed by atoms with van der Waals surface area (Å²) < 4.78 is 0. The number of nitrogens with one attached hydrogen (secondary N) is 1. The van der Waals surface area contributed by atoms with Gasteiger partial charge in [0.15, 0.2) is 0 Å². The second-order valence-corrected chi connectivity index (χ2v) is 4.03. The number of anilines is 1.